The number of para-hydroxylation sites is 1. The molecule has 2 aromatic heterocycles. The van der Waals surface area contributed by atoms with Crippen molar-refractivity contribution < 1.29 is 4.52 Å². The molecule has 1 N–H and O–H groups in total. The number of H-pyrrole nitrogens is 1. The lowest BCUT2D eigenvalue weighted by atomic mass is 10.2. The van der Waals surface area contributed by atoms with Crippen molar-refractivity contribution in [3.05, 3.63) is 52.2 Å². The third-order valence-electron chi connectivity index (χ3n) is 4.34. The number of rotatable bonds is 8. The van der Waals surface area contributed by atoms with Crippen LogP contribution in [0, 0.1) is 0 Å². The van der Waals surface area contributed by atoms with Gasteiger partial charge in [0.05, 0.1) is 24.0 Å². The Morgan fingerprint density at radius 3 is 2.77 bits per heavy atom. The molecule has 0 fully saturated rings. The van der Waals surface area contributed by atoms with E-state index in [1.165, 1.54) is 0 Å². The number of hydrogen-bond acceptors (Lipinski definition) is 6. The van der Waals surface area contributed by atoms with Crippen molar-refractivity contribution in [2.75, 3.05) is 0 Å². The van der Waals surface area contributed by atoms with E-state index in [0.29, 0.717) is 41.5 Å². The van der Waals surface area contributed by atoms with Crippen LogP contribution in [-0.4, -0.2) is 31.1 Å². The van der Waals surface area contributed by atoms with Crippen molar-refractivity contribution in [3.63, 3.8) is 0 Å². The highest BCUT2D eigenvalue weighted by Crippen LogP contribution is 2.12. The second kappa shape index (κ2) is 8.23. The predicted octanol–water partition coefficient (Wildman–Crippen LogP) is 3.06. The third kappa shape index (κ3) is 4.35. The van der Waals surface area contributed by atoms with Crippen molar-refractivity contribution in [2.45, 2.75) is 59.2 Å². The molecule has 7 nitrogen and oxygen atoms in total. The van der Waals surface area contributed by atoms with Gasteiger partial charge in [-0.05, 0) is 32.4 Å². The first kappa shape index (κ1) is 18.3. The summed E-state index contributed by atoms with van der Waals surface area (Å²) in [5.74, 6) is 1.98. The molecule has 0 saturated heterocycles. The van der Waals surface area contributed by atoms with Gasteiger partial charge in [0.15, 0.2) is 5.82 Å². The topological polar surface area (TPSA) is 87.9 Å². The lowest BCUT2D eigenvalue weighted by Crippen LogP contribution is -2.32. The van der Waals surface area contributed by atoms with E-state index >= 15 is 0 Å². The molecule has 0 unspecified atom stereocenters. The van der Waals surface area contributed by atoms with E-state index < -0.39 is 0 Å². The van der Waals surface area contributed by atoms with Crippen LogP contribution in [0.25, 0.3) is 10.9 Å². The van der Waals surface area contributed by atoms with E-state index in [2.05, 4.69) is 45.8 Å². The van der Waals surface area contributed by atoms with Gasteiger partial charge in [-0.25, -0.2) is 4.98 Å². The smallest absolute Gasteiger partial charge is 0.258 e. The zero-order valence-corrected chi connectivity index (χ0v) is 15.5. The standard InChI is InChI=1S/C19H25N5O2/c1-4-5-10-18-21-17(23-26-18)12-24(13(2)3)11-16-20-15-9-7-6-8-14(15)19(25)22-16/h6-9,13H,4-5,10-12H2,1-3H3,(H,20,22,25). The first-order valence-corrected chi connectivity index (χ1v) is 9.10. The number of nitrogens with one attached hydrogen (secondary N) is 1. The highest BCUT2D eigenvalue weighted by molar-refractivity contribution is 5.77. The van der Waals surface area contributed by atoms with Crippen molar-refractivity contribution >= 4 is 10.9 Å². The summed E-state index contributed by atoms with van der Waals surface area (Å²) in [7, 11) is 0. The molecule has 0 aliphatic heterocycles. The number of aromatic amines is 1. The second-order valence-electron chi connectivity index (χ2n) is 6.74. The number of nitrogens with zero attached hydrogens (tertiary/aromatic N) is 4. The minimum atomic E-state index is -0.115. The lowest BCUT2D eigenvalue weighted by Gasteiger charge is -2.24. The molecule has 3 rings (SSSR count). The molecule has 1 aromatic carbocycles. The van der Waals surface area contributed by atoms with Gasteiger partial charge in [0, 0.05) is 12.5 Å². The maximum atomic E-state index is 12.3. The van der Waals surface area contributed by atoms with Crippen molar-refractivity contribution in [2.24, 2.45) is 0 Å². The van der Waals surface area contributed by atoms with Gasteiger partial charge < -0.3 is 9.51 Å². The monoisotopic (exact) mass is 355 g/mol. The van der Waals surface area contributed by atoms with E-state index in [4.69, 9.17) is 4.52 Å². The number of hydrogen-bond donors (Lipinski definition) is 1. The summed E-state index contributed by atoms with van der Waals surface area (Å²) in [6.45, 7) is 7.38. The third-order valence-corrected chi connectivity index (χ3v) is 4.34. The second-order valence-corrected chi connectivity index (χ2v) is 6.74. The molecule has 2 heterocycles. The van der Waals surface area contributed by atoms with Crippen LogP contribution in [0.3, 0.4) is 0 Å². The van der Waals surface area contributed by atoms with Crippen molar-refractivity contribution in [1.82, 2.24) is 25.0 Å². The van der Waals surface area contributed by atoms with Gasteiger partial charge in [0.2, 0.25) is 5.89 Å². The Morgan fingerprint density at radius 1 is 1.19 bits per heavy atom. The summed E-state index contributed by atoms with van der Waals surface area (Å²) in [6.07, 6.45) is 2.94. The number of aryl methyl sites for hydroxylation is 1. The predicted molar refractivity (Wildman–Crippen MR) is 99.7 cm³/mol. The van der Waals surface area contributed by atoms with E-state index in [9.17, 15) is 4.79 Å². The molecule has 0 radical (unpaired) electrons. The zero-order valence-electron chi connectivity index (χ0n) is 15.5. The SMILES string of the molecule is CCCCc1nc(CN(Cc2nc3ccccc3c(=O)[nH]2)C(C)C)no1. The molecule has 138 valence electrons. The van der Waals surface area contributed by atoms with E-state index in [-0.39, 0.29) is 11.6 Å². The largest absolute Gasteiger partial charge is 0.339 e. The molecule has 3 aromatic rings. The molecule has 26 heavy (non-hydrogen) atoms. The summed E-state index contributed by atoms with van der Waals surface area (Å²) < 4.78 is 5.31. The molecule has 0 saturated carbocycles. The highest BCUT2D eigenvalue weighted by Gasteiger charge is 2.16. The van der Waals surface area contributed by atoms with Crippen LogP contribution in [-0.2, 0) is 19.5 Å². The number of unbranched alkanes of at least 4 members (excludes halogenated alkanes) is 1. The Balaban J connectivity index is 1.76. The summed E-state index contributed by atoms with van der Waals surface area (Å²) >= 11 is 0. The molecule has 0 spiro atoms. The van der Waals surface area contributed by atoms with E-state index in [1.807, 2.05) is 18.2 Å². The van der Waals surface area contributed by atoms with Crippen LogP contribution >= 0.6 is 0 Å². The van der Waals surface area contributed by atoms with Gasteiger partial charge in [-0.3, -0.25) is 9.69 Å². The van der Waals surface area contributed by atoms with Gasteiger partial charge in [-0.2, -0.15) is 4.98 Å². The van der Waals surface area contributed by atoms with E-state index in [0.717, 1.165) is 19.3 Å². The summed E-state index contributed by atoms with van der Waals surface area (Å²) in [5, 5.41) is 4.68. The minimum Gasteiger partial charge on any atom is -0.339 e. The average Bonchev–Trinajstić information content (AvgIpc) is 3.07. The maximum absolute atomic E-state index is 12.3. The summed E-state index contributed by atoms with van der Waals surface area (Å²) in [6, 6.07) is 7.60. The number of fused-ring (bicyclic) bond motifs is 1. The Bertz CT molecular complexity index is 915. The summed E-state index contributed by atoms with van der Waals surface area (Å²) in [4.78, 5) is 26.3. The maximum Gasteiger partial charge on any atom is 0.258 e. The Hall–Kier alpha value is -2.54. The van der Waals surface area contributed by atoms with Gasteiger partial charge in [0.25, 0.3) is 5.56 Å². The molecule has 0 bridgehead atoms. The lowest BCUT2D eigenvalue weighted by molar-refractivity contribution is 0.191. The fraction of sp³-hybridized carbons (Fsp3) is 0.474. The quantitative estimate of drug-likeness (QED) is 0.668. The first-order valence-electron chi connectivity index (χ1n) is 9.10. The fourth-order valence-electron chi connectivity index (χ4n) is 2.79. The number of benzene rings is 1. The normalized spacial score (nSPS) is 11.7. The zero-order chi connectivity index (χ0) is 18.5. The minimum absolute atomic E-state index is 0.115. The van der Waals surface area contributed by atoms with Crippen molar-refractivity contribution in [3.8, 4) is 0 Å². The molecular formula is C19H25N5O2. The van der Waals surface area contributed by atoms with Crippen molar-refractivity contribution in [1.29, 1.82) is 0 Å². The average molecular weight is 355 g/mol. The Labute approximate surface area is 152 Å². The molecule has 0 aliphatic rings. The van der Waals surface area contributed by atoms with Gasteiger partial charge in [0.1, 0.15) is 5.82 Å². The van der Waals surface area contributed by atoms with Crippen LogP contribution in [0.5, 0.6) is 0 Å². The highest BCUT2D eigenvalue weighted by atomic mass is 16.5. The fourth-order valence-corrected chi connectivity index (χ4v) is 2.79. The van der Waals surface area contributed by atoms with Gasteiger partial charge in [-0.1, -0.05) is 30.6 Å². The first-order chi connectivity index (χ1) is 12.6. The van der Waals surface area contributed by atoms with Crippen LogP contribution in [0.1, 0.15) is 51.2 Å². The van der Waals surface area contributed by atoms with Crippen LogP contribution in [0.2, 0.25) is 0 Å². The number of aromatic nitrogens is 4. The van der Waals surface area contributed by atoms with E-state index in [1.54, 1.807) is 6.07 Å². The summed E-state index contributed by atoms with van der Waals surface area (Å²) in [5.41, 5.74) is 0.590. The molecule has 0 amide bonds. The molecule has 0 aliphatic carbocycles. The Morgan fingerprint density at radius 2 is 2.00 bits per heavy atom. The van der Waals surface area contributed by atoms with Gasteiger partial charge >= 0.3 is 0 Å². The van der Waals surface area contributed by atoms with Crippen LogP contribution in [0.15, 0.2) is 33.6 Å². The molecule has 7 heteroatoms. The Kier molecular flexibility index (Phi) is 5.78. The van der Waals surface area contributed by atoms with Gasteiger partial charge in [-0.15, -0.1) is 0 Å². The molecular weight excluding hydrogens is 330 g/mol. The molecule has 0 atom stereocenters. The van der Waals surface area contributed by atoms with Crippen LogP contribution < -0.4 is 5.56 Å². The van der Waals surface area contributed by atoms with Crippen LogP contribution in [0.4, 0.5) is 0 Å².